The summed E-state index contributed by atoms with van der Waals surface area (Å²) in [6.07, 6.45) is -4.54. The van der Waals surface area contributed by atoms with Crippen molar-refractivity contribution in [1.82, 2.24) is 5.32 Å². The lowest BCUT2D eigenvalue weighted by Crippen LogP contribution is -2.27. The van der Waals surface area contributed by atoms with E-state index >= 15 is 0 Å². The van der Waals surface area contributed by atoms with Crippen LogP contribution in [0.4, 0.5) is 17.6 Å². The summed E-state index contributed by atoms with van der Waals surface area (Å²) in [5.41, 5.74) is 0.767. The Morgan fingerprint density at radius 2 is 1.94 bits per heavy atom. The van der Waals surface area contributed by atoms with Crippen molar-refractivity contribution < 1.29 is 17.6 Å². The van der Waals surface area contributed by atoms with Gasteiger partial charge in [0.2, 0.25) is 0 Å². The first kappa shape index (κ1) is 15.0. The van der Waals surface area contributed by atoms with E-state index in [2.05, 4.69) is 5.32 Å². The van der Waals surface area contributed by atoms with Gasteiger partial charge in [0.1, 0.15) is 5.82 Å². The molecule has 1 unspecified atom stereocenters. The number of rotatable bonds is 5. The van der Waals surface area contributed by atoms with Gasteiger partial charge in [-0.2, -0.15) is 13.2 Å². The predicted octanol–water partition coefficient (Wildman–Crippen LogP) is 4.13. The van der Waals surface area contributed by atoms with E-state index in [1.54, 1.807) is 6.92 Å². The molecule has 0 spiro atoms. The van der Waals surface area contributed by atoms with Gasteiger partial charge in [-0.3, -0.25) is 0 Å². The van der Waals surface area contributed by atoms with Gasteiger partial charge in [-0.05, 0) is 37.1 Å². The van der Waals surface area contributed by atoms with E-state index in [9.17, 15) is 17.6 Å². The van der Waals surface area contributed by atoms with Gasteiger partial charge < -0.3 is 5.32 Å². The lowest BCUT2D eigenvalue weighted by Gasteiger charge is -2.21. The smallest absolute Gasteiger partial charge is 0.310 e. The standard InChI is InChI=1S/C13H17F4N/c1-3-6-18-12(8-13(15,16)17)10-5-4-9(2)11(14)7-10/h4-5,7,12,18H,3,6,8H2,1-2H3. The molecule has 0 bridgehead atoms. The third-order valence-corrected chi connectivity index (χ3v) is 2.67. The van der Waals surface area contributed by atoms with Crippen LogP contribution in [0.3, 0.4) is 0 Å². The zero-order valence-corrected chi connectivity index (χ0v) is 10.4. The summed E-state index contributed by atoms with van der Waals surface area (Å²) in [5, 5.41) is 2.80. The fourth-order valence-corrected chi connectivity index (χ4v) is 1.68. The summed E-state index contributed by atoms with van der Waals surface area (Å²) >= 11 is 0. The van der Waals surface area contributed by atoms with Crippen LogP contribution in [0.2, 0.25) is 0 Å². The molecule has 0 aliphatic heterocycles. The molecule has 0 amide bonds. The summed E-state index contributed by atoms with van der Waals surface area (Å²) in [7, 11) is 0. The van der Waals surface area contributed by atoms with Gasteiger partial charge in [0, 0.05) is 6.04 Å². The van der Waals surface area contributed by atoms with Crippen LogP contribution in [0.15, 0.2) is 18.2 Å². The molecule has 102 valence electrons. The quantitative estimate of drug-likeness (QED) is 0.788. The number of aryl methyl sites for hydroxylation is 1. The van der Waals surface area contributed by atoms with Crippen molar-refractivity contribution in [3.05, 3.63) is 35.1 Å². The van der Waals surface area contributed by atoms with Gasteiger partial charge >= 0.3 is 6.18 Å². The zero-order chi connectivity index (χ0) is 13.8. The highest BCUT2D eigenvalue weighted by molar-refractivity contribution is 5.26. The van der Waals surface area contributed by atoms with Crippen LogP contribution in [-0.2, 0) is 0 Å². The topological polar surface area (TPSA) is 12.0 Å². The number of alkyl halides is 3. The van der Waals surface area contributed by atoms with E-state index in [1.807, 2.05) is 6.92 Å². The Labute approximate surface area is 104 Å². The number of benzene rings is 1. The Kier molecular flexibility index (Phi) is 5.14. The maximum Gasteiger partial charge on any atom is 0.390 e. The lowest BCUT2D eigenvalue weighted by atomic mass is 10.0. The summed E-state index contributed by atoms with van der Waals surface area (Å²) in [6.45, 7) is 3.92. The molecule has 0 radical (unpaired) electrons. The minimum Gasteiger partial charge on any atom is -0.310 e. The first-order valence-electron chi connectivity index (χ1n) is 5.89. The Morgan fingerprint density at radius 3 is 2.44 bits per heavy atom. The van der Waals surface area contributed by atoms with Crippen LogP contribution < -0.4 is 5.32 Å². The van der Waals surface area contributed by atoms with Crippen molar-refractivity contribution in [2.24, 2.45) is 0 Å². The summed E-state index contributed by atoms with van der Waals surface area (Å²) < 4.78 is 50.8. The van der Waals surface area contributed by atoms with E-state index < -0.39 is 24.5 Å². The van der Waals surface area contributed by atoms with Crippen LogP contribution in [0.1, 0.15) is 36.9 Å². The molecule has 0 fully saturated rings. The molecule has 0 saturated carbocycles. The van der Waals surface area contributed by atoms with Crippen molar-refractivity contribution in [1.29, 1.82) is 0 Å². The fourth-order valence-electron chi connectivity index (χ4n) is 1.68. The van der Waals surface area contributed by atoms with Crippen molar-refractivity contribution in [2.45, 2.75) is 38.9 Å². The van der Waals surface area contributed by atoms with Crippen molar-refractivity contribution in [3.8, 4) is 0 Å². The Morgan fingerprint density at radius 1 is 1.28 bits per heavy atom. The molecule has 0 aliphatic rings. The number of halogens is 4. The van der Waals surface area contributed by atoms with E-state index in [4.69, 9.17) is 0 Å². The Hall–Kier alpha value is -1.10. The molecule has 0 aliphatic carbocycles. The molecule has 1 rings (SSSR count). The van der Waals surface area contributed by atoms with Crippen LogP contribution >= 0.6 is 0 Å². The molecule has 1 aromatic carbocycles. The van der Waals surface area contributed by atoms with Gasteiger partial charge in [0.15, 0.2) is 0 Å². The minimum absolute atomic E-state index is 0.337. The van der Waals surface area contributed by atoms with Crippen LogP contribution in [0.5, 0.6) is 0 Å². The van der Waals surface area contributed by atoms with Crippen molar-refractivity contribution >= 4 is 0 Å². The van der Waals surface area contributed by atoms with E-state index in [0.717, 1.165) is 6.42 Å². The second kappa shape index (κ2) is 6.18. The van der Waals surface area contributed by atoms with Gasteiger partial charge in [0.25, 0.3) is 0 Å². The minimum atomic E-state index is -4.27. The van der Waals surface area contributed by atoms with E-state index in [-0.39, 0.29) is 0 Å². The van der Waals surface area contributed by atoms with E-state index in [1.165, 1.54) is 18.2 Å². The highest BCUT2D eigenvalue weighted by Crippen LogP contribution is 2.30. The van der Waals surface area contributed by atoms with Crippen LogP contribution in [0.25, 0.3) is 0 Å². The SMILES string of the molecule is CCCNC(CC(F)(F)F)c1ccc(C)c(F)c1. The van der Waals surface area contributed by atoms with Crippen LogP contribution in [0, 0.1) is 12.7 Å². The van der Waals surface area contributed by atoms with Gasteiger partial charge in [0.05, 0.1) is 6.42 Å². The average Bonchev–Trinajstić information content (AvgIpc) is 2.26. The second-order valence-corrected chi connectivity index (χ2v) is 4.33. The Bertz CT molecular complexity index is 387. The molecular formula is C13H17F4N. The van der Waals surface area contributed by atoms with Gasteiger partial charge in [-0.1, -0.05) is 19.1 Å². The molecule has 1 N–H and O–H groups in total. The Balaban J connectivity index is 2.90. The fraction of sp³-hybridized carbons (Fsp3) is 0.538. The predicted molar refractivity (Wildman–Crippen MR) is 62.8 cm³/mol. The molecule has 5 heteroatoms. The van der Waals surface area contributed by atoms with Crippen LogP contribution in [-0.4, -0.2) is 12.7 Å². The number of hydrogen-bond acceptors (Lipinski definition) is 1. The van der Waals surface area contributed by atoms with Gasteiger partial charge in [-0.25, -0.2) is 4.39 Å². The maximum absolute atomic E-state index is 13.4. The molecular weight excluding hydrogens is 246 g/mol. The summed E-state index contributed by atoms with van der Waals surface area (Å²) in [6, 6.07) is 3.33. The third kappa shape index (κ3) is 4.64. The monoisotopic (exact) mass is 263 g/mol. The first-order valence-corrected chi connectivity index (χ1v) is 5.89. The second-order valence-electron chi connectivity index (χ2n) is 4.33. The molecule has 0 aromatic heterocycles. The molecule has 1 atom stereocenters. The first-order chi connectivity index (χ1) is 8.33. The largest absolute Gasteiger partial charge is 0.390 e. The summed E-state index contributed by atoms with van der Waals surface area (Å²) in [5.74, 6) is -0.474. The lowest BCUT2D eigenvalue weighted by molar-refractivity contribution is -0.140. The molecule has 0 heterocycles. The molecule has 1 aromatic rings. The van der Waals surface area contributed by atoms with Crippen molar-refractivity contribution in [2.75, 3.05) is 6.54 Å². The van der Waals surface area contributed by atoms with E-state index in [0.29, 0.717) is 17.7 Å². The maximum atomic E-state index is 13.4. The summed E-state index contributed by atoms with van der Waals surface area (Å²) in [4.78, 5) is 0. The highest BCUT2D eigenvalue weighted by atomic mass is 19.4. The average molecular weight is 263 g/mol. The number of hydrogen-bond donors (Lipinski definition) is 1. The molecule has 1 nitrogen and oxygen atoms in total. The number of nitrogens with one attached hydrogen (secondary N) is 1. The van der Waals surface area contributed by atoms with Crippen molar-refractivity contribution in [3.63, 3.8) is 0 Å². The molecule has 0 saturated heterocycles. The zero-order valence-electron chi connectivity index (χ0n) is 10.4. The normalized spacial score (nSPS) is 13.7. The highest BCUT2D eigenvalue weighted by Gasteiger charge is 2.32. The van der Waals surface area contributed by atoms with Gasteiger partial charge in [-0.15, -0.1) is 0 Å². The molecule has 18 heavy (non-hydrogen) atoms. The third-order valence-electron chi connectivity index (χ3n) is 2.67.